The molecule has 1 aromatic carbocycles. The molecule has 0 atom stereocenters. The Bertz CT molecular complexity index is 426. The van der Waals surface area contributed by atoms with E-state index in [9.17, 15) is 13.2 Å². The maximum absolute atomic E-state index is 13.2. The second-order valence-corrected chi connectivity index (χ2v) is 5.56. The molecule has 0 aromatic heterocycles. The molecule has 0 saturated carbocycles. The highest BCUT2D eigenvalue weighted by atomic mass is 32.2. The van der Waals surface area contributed by atoms with Crippen LogP contribution in [0, 0.1) is 0 Å². The molecule has 0 aliphatic carbocycles. The van der Waals surface area contributed by atoms with Gasteiger partial charge in [0.15, 0.2) is 0 Å². The van der Waals surface area contributed by atoms with E-state index in [1.54, 1.807) is 37.3 Å². The molecule has 1 nitrogen and oxygen atoms in total. The largest absolute Gasteiger partial charge is 0.422 e. The van der Waals surface area contributed by atoms with Gasteiger partial charge in [0.2, 0.25) is 0 Å². The van der Waals surface area contributed by atoms with Gasteiger partial charge in [0.05, 0.1) is 4.91 Å². The minimum atomic E-state index is -4.31. The van der Waals surface area contributed by atoms with Gasteiger partial charge in [0, 0.05) is 6.54 Å². The van der Waals surface area contributed by atoms with E-state index in [-0.39, 0.29) is 6.54 Å². The summed E-state index contributed by atoms with van der Waals surface area (Å²) in [6, 6.07) is 8.79. The Morgan fingerprint density at radius 1 is 1.15 bits per heavy atom. The van der Waals surface area contributed by atoms with Crippen LogP contribution < -0.4 is 5.32 Å². The molecule has 5 heteroatoms. The van der Waals surface area contributed by atoms with E-state index in [1.165, 1.54) is 0 Å². The second kappa shape index (κ2) is 8.37. The molecule has 0 spiro atoms. The van der Waals surface area contributed by atoms with Crippen LogP contribution in [0.15, 0.2) is 35.2 Å². The molecule has 20 heavy (non-hydrogen) atoms. The molecular formula is C15H20F3NS. The zero-order valence-electron chi connectivity index (χ0n) is 11.8. The first-order valence-corrected chi connectivity index (χ1v) is 7.68. The first-order chi connectivity index (χ1) is 9.50. The van der Waals surface area contributed by atoms with Gasteiger partial charge in [-0.1, -0.05) is 44.2 Å². The molecule has 1 N–H and O–H groups in total. The van der Waals surface area contributed by atoms with E-state index in [4.69, 9.17) is 0 Å². The number of hydrogen-bond acceptors (Lipinski definition) is 2. The van der Waals surface area contributed by atoms with Crippen LogP contribution in [0.25, 0.3) is 5.57 Å². The second-order valence-electron chi connectivity index (χ2n) is 4.28. The van der Waals surface area contributed by atoms with Crippen LogP contribution >= 0.6 is 11.8 Å². The predicted octanol–water partition coefficient (Wildman–Crippen LogP) is 4.71. The zero-order valence-corrected chi connectivity index (χ0v) is 12.6. The Kier molecular flexibility index (Phi) is 7.16. The summed E-state index contributed by atoms with van der Waals surface area (Å²) in [5.74, 6) is 0.402. The summed E-state index contributed by atoms with van der Waals surface area (Å²) >= 11 is 0.859. The average molecular weight is 303 g/mol. The van der Waals surface area contributed by atoms with Gasteiger partial charge in [-0.2, -0.15) is 13.2 Å². The smallest absolute Gasteiger partial charge is 0.313 e. The zero-order chi connectivity index (χ0) is 15.0. The van der Waals surface area contributed by atoms with Crippen molar-refractivity contribution in [2.24, 2.45) is 0 Å². The Morgan fingerprint density at radius 2 is 1.80 bits per heavy atom. The van der Waals surface area contributed by atoms with Crippen molar-refractivity contribution in [1.29, 1.82) is 0 Å². The van der Waals surface area contributed by atoms with Crippen molar-refractivity contribution in [3.63, 3.8) is 0 Å². The van der Waals surface area contributed by atoms with Crippen molar-refractivity contribution in [1.82, 2.24) is 5.32 Å². The molecular weight excluding hydrogens is 283 g/mol. The molecule has 0 amide bonds. The molecule has 0 saturated heterocycles. The molecule has 0 radical (unpaired) electrons. The number of hydrogen-bond donors (Lipinski definition) is 1. The lowest BCUT2D eigenvalue weighted by atomic mass is 10.1. The molecule has 0 unspecified atom stereocenters. The van der Waals surface area contributed by atoms with Gasteiger partial charge in [-0.15, -0.1) is 11.8 Å². The lowest BCUT2D eigenvalue weighted by molar-refractivity contribution is -0.0831. The summed E-state index contributed by atoms with van der Waals surface area (Å²) in [5, 5.41) is 3.07. The number of nitrogens with one attached hydrogen (secondary N) is 1. The van der Waals surface area contributed by atoms with Crippen LogP contribution in [0.1, 0.15) is 25.8 Å². The van der Waals surface area contributed by atoms with Crippen molar-refractivity contribution < 1.29 is 13.2 Å². The third-order valence-corrected chi connectivity index (χ3v) is 3.73. The Labute approximate surface area is 122 Å². The van der Waals surface area contributed by atoms with E-state index in [0.717, 1.165) is 18.2 Å². The van der Waals surface area contributed by atoms with Crippen molar-refractivity contribution in [3.05, 3.63) is 40.8 Å². The number of rotatable bonds is 7. The molecule has 1 rings (SSSR count). The van der Waals surface area contributed by atoms with Crippen LogP contribution in [-0.2, 0) is 0 Å². The summed E-state index contributed by atoms with van der Waals surface area (Å²) in [6.45, 7) is 4.67. The molecule has 0 heterocycles. The quantitative estimate of drug-likeness (QED) is 0.732. The molecule has 0 bridgehead atoms. The van der Waals surface area contributed by atoms with Gasteiger partial charge in [-0.25, -0.2) is 0 Å². The van der Waals surface area contributed by atoms with Crippen molar-refractivity contribution >= 4 is 17.3 Å². The summed E-state index contributed by atoms with van der Waals surface area (Å²) < 4.78 is 39.7. The Morgan fingerprint density at radius 3 is 2.30 bits per heavy atom. The van der Waals surface area contributed by atoms with Crippen molar-refractivity contribution in [3.8, 4) is 0 Å². The van der Waals surface area contributed by atoms with Crippen molar-refractivity contribution in [2.45, 2.75) is 26.4 Å². The van der Waals surface area contributed by atoms with Gasteiger partial charge >= 0.3 is 6.18 Å². The lowest BCUT2D eigenvalue weighted by Crippen LogP contribution is -2.21. The van der Waals surface area contributed by atoms with Gasteiger partial charge in [-0.05, 0) is 29.9 Å². The maximum atomic E-state index is 13.2. The fourth-order valence-electron chi connectivity index (χ4n) is 1.83. The van der Waals surface area contributed by atoms with Crippen LogP contribution in [0.5, 0.6) is 0 Å². The summed E-state index contributed by atoms with van der Waals surface area (Å²) in [6.07, 6.45) is -3.41. The van der Waals surface area contributed by atoms with Crippen LogP contribution in [0.2, 0.25) is 0 Å². The average Bonchev–Trinajstić information content (AvgIpc) is 2.42. The predicted molar refractivity (Wildman–Crippen MR) is 80.7 cm³/mol. The highest BCUT2D eigenvalue weighted by Crippen LogP contribution is 2.39. The highest BCUT2D eigenvalue weighted by molar-refractivity contribution is 8.03. The maximum Gasteiger partial charge on any atom is 0.422 e. The minimum Gasteiger partial charge on any atom is -0.313 e. The van der Waals surface area contributed by atoms with Crippen LogP contribution in [-0.4, -0.2) is 25.0 Å². The minimum absolute atomic E-state index is 0.236. The lowest BCUT2D eigenvalue weighted by Gasteiger charge is -2.18. The van der Waals surface area contributed by atoms with E-state index >= 15 is 0 Å². The van der Waals surface area contributed by atoms with Crippen molar-refractivity contribution in [2.75, 3.05) is 18.8 Å². The number of thioether (sulfide) groups is 1. The molecule has 0 aliphatic rings. The third-order valence-electron chi connectivity index (χ3n) is 2.67. The van der Waals surface area contributed by atoms with E-state index in [1.807, 2.05) is 6.92 Å². The highest BCUT2D eigenvalue weighted by Gasteiger charge is 2.36. The summed E-state index contributed by atoms with van der Waals surface area (Å²) in [4.78, 5) is -0.491. The normalized spacial score (nSPS) is 13.2. The van der Waals surface area contributed by atoms with Gasteiger partial charge in [0.25, 0.3) is 0 Å². The Hall–Kier alpha value is -0.940. The number of alkyl halides is 3. The molecule has 0 fully saturated rings. The van der Waals surface area contributed by atoms with Gasteiger partial charge in [-0.3, -0.25) is 0 Å². The van der Waals surface area contributed by atoms with E-state index in [0.29, 0.717) is 23.4 Å². The van der Waals surface area contributed by atoms with Gasteiger partial charge in [0.1, 0.15) is 0 Å². The molecule has 1 aromatic rings. The SMILES string of the molecule is CCCNC/C(=C(/SCC)C(F)(F)F)c1ccccc1. The number of benzene rings is 1. The van der Waals surface area contributed by atoms with Crippen LogP contribution in [0.4, 0.5) is 13.2 Å². The molecule has 112 valence electrons. The number of allylic oxidation sites excluding steroid dienone is 1. The van der Waals surface area contributed by atoms with Crippen LogP contribution in [0.3, 0.4) is 0 Å². The van der Waals surface area contributed by atoms with E-state index < -0.39 is 11.1 Å². The molecule has 0 aliphatic heterocycles. The topological polar surface area (TPSA) is 12.0 Å². The van der Waals surface area contributed by atoms with Gasteiger partial charge < -0.3 is 5.32 Å². The number of halogens is 3. The third kappa shape index (κ3) is 5.21. The fourth-order valence-corrected chi connectivity index (χ4v) is 2.64. The standard InChI is InChI=1S/C15H20F3NS/c1-3-10-19-11-13(12-8-6-5-7-9-12)14(20-4-2)15(16,17)18/h5-9,19H,3-4,10-11H2,1-2H3/b14-13-. The monoisotopic (exact) mass is 303 g/mol. The van der Waals surface area contributed by atoms with E-state index in [2.05, 4.69) is 5.32 Å². The first-order valence-electron chi connectivity index (χ1n) is 6.70. The Balaban J connectivity index is 3.18. The first kappa shape index (κ1) is 17.1. The summed E-state index contributed by atoms with van der Waals surface area (Å²) in [7, 11) is 0. The fraction of sp³-hybridized carbons (Fsp3) is 0.467. The summed E-state index contributed by atoms with van der Waals surface area (Å²) in [5.41, 5.74) is 0.961.